The summed E-state index contributed by atoms with van der Waals surface area (Å²) in [5.74, 6) is 0.536. The summed E-state index contributed by atoms with van der Waals surface area (Å²) >= 11 is 0. The lowest BCUT2D eigenvalue weighted by Crippen LogP contribution is -2.43. The molecule has 0 aliphatic heterocycles. The zero-order valence-corrected chi connectivity index (χ0v) is 11.6. The Morgan fingerprint density at radius 3 is 2.71 bits per heavy atom. The highest BCUT2D eigenvalue weighted by Crippen LogP contribution is 2.07. The van der Waals surface area contributed by atoms with E-state index in [0.29, 0.717) is 18.4 Å². The van der Waals surface area contributed by atoms with Crippen LogP contribution < -0.4 is 11.1 Å². The highest BCUT2D eigenvalue weighted by Gasteiger charge is 2.15. The fourth-order valence-corrected chi connectivity index (χ4v) is 1.96. The predicted molar refractivity (Wildman–Crippen MR) is 73.1 cm³/mol. The SMILES string of the molecule is CCC[C@@H](CNCCC=O)N(C)C[C@@H](C)CN. The van der Waals surface area contributed by atoms with Crippen molar-refractivity contribution >= 4 is 6.29 Å². The van der Waals surface area contributed by atoms with Crippen molar-refractivity contribution in [1.82, 2.24) is 10.2 Å². The molecule has 0 aliphatic carbocycles. The lowest BCUT2D eigenvalue weighted by molar-refractivity contribution is -0.107. The first-order valence-corrected chi connectivity index (χ1v) is 6.70. The lowest BCUT2D eigenvalue weighted by atomic mass is 10.1. The van der Waals surface area contributed by atoms with Crippen LogP contribution in [0.3, 0.4) is 0 Å². The maximum Gasteiger partial charge on any atom is 0.121 e. The number of rotatable bonds is 11. The molecule has 0 aromatic rings. The maximum atomic E-state index is 10.2. The molecular weight excluding hydrogens is 214 g/mol. The van der Waals surface area contributed by atoms with Crippen LogP contribution in [-0.4, -0.2) is 50.5 Å². The van der Waals surface area contributed by atoms with Gasteiger partial charge in [-0.15, -0.1) is 0 Å². The van der Waals surface area contributed by atoms with Crippen LogP contribution in [0.2, 0.25) is 0 Å². The molecule has 0 unspecified atom stereocenters. The Morgan fingerprint density at radius 2 is 2.18 bits per heavy atom. The number of nitrogens with zero attached hydrogens (tertiary/aromatic N) is 1. The van der Waals surface area contributed by atoms with E-state index in [1.807, 2.05) is 0 Å². The molecule has 0 saturated carbocycles. The van der Waals surface area contributed by atoms with Crippen molar-refractivity contribution in [2.24, 2.45) is 11.7 Å². The van der Waals surface area contributed by atoms with Crippen molar-refractivity contribution in [2.75, 3.05) is 33.2 Å². The van der Waals surface area contributed by atoms with E-state index in [4.69, 9.17) is 5.73 Å². The van der Waals surface area contributed by atoms with E-state index in [0.717, 1.165) is 32.5 Å². The van der Waals surface area contributed by atoms with Crippen LogP contribution in [0.4, 0.5) is 0 Å². The minimum Gasteiger partial charge on any atom is -0.330 e. The Kier molecular flexibility index (Phi) is 10.4. The zero-order valence-electron chi connectivity index (χ0n) is 11.6. The Bertz CT molecular complexity index is 188. The second kappa shape index (κ2) is 10.7. The van der Waals surface area contributed by atoms with Gasteiger partial charge in [-0.3, -0.25) is 0 Å². The Labute approximate surface area is 106 Å². The largest absolute Gasteiger partial charge is 0.330 e. The number of nitrogens with two attached hydrogens (primary N) is 1. The van der Waals surface area contributed by atoms with Crippen molar-refractivity contribution in [3.05, 3.63) is 0 Å². The molecule has 0 spiro atoms. The van der Waals surface area contributed by atoms with Gasteiger partial charge in [0.25, 0.3) is 0 Å². The van der Waals surface area contributed by atoms with Gasteiger partial charge in [0.1, 0.15) is 6.29 Å². The van der Waals surface area contributed by atoms with Gasteiger partial charge in [-0.1, -0.05) is 20.3 Å². The van der Waals surface area contributed by atoms with E-state index in [9.17, 15) is 4.79 Å². The third-order valence-corrected chi connectivity index (χ3v) is 3.07. The topological polar surface area (TPSA) is 58.4 Å². The first kappa shape index (κ1) is 16.6. The van der Waals surface area contributed by atoms with Crippen LogP contribution in [0, 0.1) is 5.92 Å². The number of carbonyl (C=O) groups is 1. The third kappa shape index (κ3) is 8.30. The maximum absolute atomic E-state index is 10.2. The van der Waals surface area contributed by atoms with Gasteiger partial charge >= 0.3 is 0 Å². The van der Waals surface area contributed by atoms with Gasteiger partial charge in [0.05, 0.1) is 0 Å². The summed E-state index contributed by atoms with van der Waals surface area (Å²) in [6, 6.07) is 0.542. The zero-order chi connectivity index (χ0) is 13.1. The summed E-state index contributed by atoms with van der Waals surface area (Å²) < 4.78 is 0. The van der Waals surface area contributed by atoms with Gasteiger partial charge in [0.2, 0.25) is 0 Å². The van der Waals surface area contributed by atoms with Crippen molar-refractivity contribution in [1.29, 1.82) is 0 Å². The number of nitrogens with one attached hydrogen (secondary N) is 1. The first-order chi connectivity index (χ1) is 8.15. The van der Waals surface area contributed by atoms with Crippen molar-refractivity contribution < 1.29 is 4.79 Å². The fraction of sp³-hybridized carbons (Fsp3) is 0.923. The van der Waals surface area contributed by atoms with Crippen LogP contribution in [0.25, 0.3) is 0 Å². The van der Waals surface area contributed by atoms with Crippen LogP contribution in [0.1, 0.15) is 33.1 Å². The minimum atomic E-state index is 0.536. The van der Waals surface area contributed by atoms with E-state index in [2.05, 4.69) is 31.1 Å². The first-order valence-electron chi connectivity index (χ1n) is 6.70. The number of likely N-dealkylation sites (N-methyl/N-ethyl adjacent to an activating group) is 1. The second-order valence-corrected chi connectivity index (χ2v) is 4.88. The van der Waals surface area contributed by atoms with E-state index in [1.165, 1.54) is 12.8 Å². The van der Waals surface area contributed by atoms with Crippen LogP contribution >= 0.6 is 0 Å². The van der Waals surface area contributed by atoms with Crippen molar-refractivity contribution in [2.45, 2.75) is 39.2 Å². The molecule has 2 atom stereocenters. The van der Waals surface area contributed by atoms with E-state index >= 15 is 0 Å². The van der Waals surface area contributed by atoms with Gasteiger partial charge in [-0.05, 0) is 25.9 Å². The third-order valence-electron chi connectivity index (χ3n) is 3.07. The summed E-state index contributed by atoms with van der Waals surface area (Å²) in [6.07, 6.45) is 3.92. The molecule has 0 radical (unpaired) electrons. The van der Waals surface area contributed by atoms with E-state index in [1.54, 1.807) is 0 Å². The summed E-state index contributed by atoms with van der Waals surface area (Å²) in [5.41, 5.74) is 5.65. The molecule has 0 aromatic heterocycles. The minimum absolute atomic E-state index is 0.536. The van der Waals surface area contributed by atoms with Gasteiger partial charge in [-0.2, -0.15) is 0 Å². The lowest BCUT2D eigenvalue weighted by Gasteiger charge is -2.30. The molecule has 4 heteroatoms. The van der Waals surface area contributed by atoms with E-state index in [-0.39, 0.29) is 0 Å². The molecule has 0 heterocycles. The summed E-state index contributed by atoms with van der Waals surface area (Å²) in [7, 11) is 2.16. The van der Waals surface area contributed by atoms with Crippen LogP contribution in [0.5, 0.6) is 0 Å². The van der Waals surface area contributed by atoms with Gasteiger partial charge in [-0.25, -0.2) is 0 Å². The molecule has 4 nitrogen and oxygen atoms in total. The quantitative estimate of drug-likeness (QED) is 0.417. The highest BCUT2D eigenvalue weighted by molar-refractivity contribution is 5.49. The number of carbonyl (C=O) groups excluding carboxylic acids is 1. The predicted octanol–water partition coefficient (Wildman–Crippen LogP) is 0.860. The molecule has 3 N–H and O–H groups in total. The summed E-state index contributed by atoms with van der Waals surface area (Å²) in [6.45, 7) is 7.90. The summed E-state index contributed by atoms with van der Waals surface area (Å²) in [5, 5.41) is 3.34. The highest BCUT2D eigenvalue weighted by atomic mass is 16.1. The molecule has 102 valence electrons. The number of hydrogen-bond acceptors (Lipinski definition) is 4. The monoisotopic (exact) mass is 243 g/mol. The molecular formula is C13H29N3O. The average molecular weight is 243 g/mol. The van der Waals surface area contributed by atoms with Crippen LogP contribution in [0.15, 0.2) is 0 Å². The fourth-order valence-electron chi connectivity index (χ4n) is 1.96. The normalized spacial score (nSPS) is 14.9. The Balaban J connectivity index is 3.96. The van der Waals surface area contributed by atoms with Crippen molar-refractivity contribution in [3.63, 3.8) is 0 Å². The molecule has 0 rings (SSSR count). The van der Waals surface area contributed by atoms with Gasteiger partial charge in [0.15, 0.2) is 0 Å². The Hall–Kier alpha value is -0.450. The number of aldehydes is 1. The smallest absolute Gasteiger partial charge is 0.121 e. The Morgan fingerprint density at radius 1 is 1.47 bits per heavy atom. The molecule has 0 amide bonds. The molecule has 0 aliphatic rings. The van der Waals surface area contributed by atoms with Gasteiger partial charge < -0.3 is 20.7 Å². The van der Waals surface area contributed by atoms with Crippen LogP contribution in [-0.2, 0) is 4.79 Å². The van der Waals surface area contributed by atoms with E-state index < -0.39 is 0 Å². The molecule has 17 heavy (non-hydrogen) atoms. The number of hydrogen-bond donors (Lipinski definition) is 2. The van der Waals surface area contributed by atoms with Gasteiger partial charge in [0, 0.05) is 32.1 Å². The second-order valence-electron chi connectivity index (χ2n) is 4.88. The molecule has 0 fully saturated rings. The molecule has 0 aromatic carbocycles. The standard InChI is InChI=1S/C13H29N3O/c1-4-6-13(10-15-7-5-8-17)16(3)11-12(2)9-14/h8,12-13,15H,4-7,9-11,14H2,1-3H3/t12-,13-/m0/s1. The average Bonchev–Trinajstić information content (AvgIpc) is 2.32. The van der Waals surface area contributed by atoms with Crippen molar-refractivity contribution in [3.8, 4) is 0 Å². The molecule has 0 saturated heterocycles. The summed E-state index contributed by atoms with van der Waals surface area (Å²) in [4.78, 5) is 12.6. The molecule has 0 bridgehead atoms.